The molecule has 1 atom stereocenters. The van der Waals surface area contributed by atoms with Crippen LogP contribution in [0.15, 0.2) is 24.3 Å². The van der Waals surface area contributed by atoms with Gasteiger partial charge >= 0.3 is 6.18 Å². The quantitative estimate of drug-likeness (QED) is 0.879. The lowest BCUT2D eigenvalue weighted by Crippen LogP contribution is -2.37. The fourth-order valence-electron chi connectivity index (χ4n) is 2.05. The first-order valence-electron chi connectivity index (χ1n) is 6.11. The molecule has 1 aliphatic rings. The van der Waals surface area contributed by atoms with Crippen LogP contribution >= 0.6 is 0 Å². The Morgan fingerprint density at radius 1 is 1.32 bits per heavy atom. The minimum Gasteiger partial charge on any atom is -0.352 e. The Morgan fingerprint density at radius 3 is 2.53 bits per heavy atom. The summed E-state index contributed by atoms with van der Waals surface area (Å²) >= 11 is 0. The first kappa shape index (κ1) is 13.9. The third-order valence-electron chi connectivity index (χ3n) is 3.07. The van der Waals surface area contributed by atoms with Crippen LogP contribution in [-0.4, -0.2) is 25.0 Å². The SMILES string of the molecule is O=C(Cc1ccc(C(F)(F)F)cc1)N[C@H]1CCNC1. The molecular formula is C13H15F3N2O. The number of rotatable bonds is 3. The monoisotopic (exact) mass is 272 g/mol. The van der Waals surface area contributed by atoms with Gasteiger partial charge in [0.2, 0.25) is 5.91 Å². The van der Waals surface area contributed by atoms with Gasteiger partial charge in [0.15, 0.2) is 0 Å². The minimum absolute atomic E-state index is 0.106. The number of nitrogens with one attached hydrogen (secondary N) is 2. The second-order valence-electron chi connectivity index (χ2n) is 4.63. The lowest BCUT2D eigenvalue weighted by atomic mass is 10.1. The summed E-state index contributed by atoms with van der Waals surface area (Å²) in [6.45, 7) is 1.63. The highest BCUT2D eigenvalue weighted by Crippen LogP contribution is 2.29. The second kappa shape index (κ2) is 5.61. The molecule has 0 saturated carbocycles. The highest BCUT2D eigenvalue weighted by atomic mass is 19.4. The molecule has 0 aliphatic carbocycles. The average molecular weight is 272 g/mol. The Bertz CT molecular complexity index is 436. The Hall–Kier alpha value is -1.56. The predicted molar refractivity (Wildman–Crippen MR) is 64.6 cm³/mol. The van der Waals surface area contributed by atoms with Crippen LogP contribution in [-0.2, 0) is 17.4 Å². The Balaban J connectivity index is 1.90. The number of carbonyl (C=O) groups excluding carboxylic acids is 1. The van der Waals surface area contributed by atoms with Crippen molar-refractivity contribution in [3.8, 4) is 0 Å². The maximum Gasteiger partial charge on any atom is 0.416 e. The molecule has 6 heteroatoms. The van der Waals surface area contributed by atoms with E-state index in [4.69, 9.17) is 0 Å². The zero-order valence-electron chi connectivity index (χ0n) is 10.3. The summed E-state index contributed by atoms with van der Waals surface area (Å²) in [6, 6.07) is 4.81. The second-order valence-corrected chi connectivity index (χ2v) is 4.63. The molecule has 1 aromatic carbocycles. The third kappa shape index (κ3) is 3.96. The van der Waals surface area contributed by atoms with Crippen molar-refractivity contribution in [2.24, 2.45) is 0 Å². The number of hydrogen-bond acceptors (Lipinski definition) is 2. The summed E-state index contributed by atoms with van der Waals surface area (Å²) in [5.41, 5.74) is -0.117. The van der Waals surface area contributed by atoms with Crippen molar-refractivity contribution in [3.63, 3.8) is 0 Å². The van der Waals surface area contributed by atoms with E-state index in [-0.39, 0.29) is 18.4 Å². The van der Waals surface area contributed by atoms with E-state index < -0.39 is 11.7 Å². The number of carbonyl (C=O) groups is 1. The Labute approximate surface area is 109 Å². The fraction of sp³-hybridized carbons (Fsp3) is 0.462. The van der Waals surface area contributed by atoms with Gasteiger partial charge in [-0.1, -0.05) is 12.1 Å². The zero-order chi connectivity index (χ0) is 13.9. The van der Waals surface area contributed by atoms with Crippen LogP contribution in [0.1, 0.15) is 17.5 Å². The maximum absolute atomic E-state index is 12.4. The van der Waals surface area contributed by atoms with Crippen LogP contribution in [0.2, 0.25) is 0 Å². The van der Waals surface area contributed by atoms with Crippen molar-refractivity contribution < 1.29 is 18.0 Å². The molecule has 1 aliphatic heterocycles. The molecule has 0 aromatic heterocycles. The standard InChI is InChI=1S/C13H15F3N2O/c14-13(15,16)10-3-1-9(2-4-10)7-12(19)18-11-5-6-17-8-11/h1-4,11,17H,5-8H2,(H,18,19)/t11-/m0/s1. The van der Waals surface area contributed by atoms with Gasteiger partial charge in [-0.05, 0) is 30.7 Å². The molecule has 1 amide bonds. The van der Waals surface area contributed by atoms with Gasteiger partial charge in [-0.2, -0.15) is 13.2 Å². The van der Waals surface area contributed by atoms with Gasteiger partial charge < -0.3 is 10.6 Å². The van der Waals surface area contributed by atoms with E-state index in [1.54, 1.807) is 0 Å². The molecule has 1 fully saturated rings. The van der Waals surface area contributed by atoms with Crippen LogP contribution < -0.4 is 10.6 Å². The summed E-state index contributed by atoms with van der Waals surface area (Å²) in [7, 11) is 0. The van der Waals surface area contributed by atoms with Crippen LogP contribution in [0, 0.1) is 0 Å². The first-order valence-corrected chi connectivity index (χ1v) is 6.11. The summed E-state index contributed by atoms with van der Waals surface area (Å²) in [5, 5.41) is 5.97. The molecular weight excluding hydrogens is 257 g/mol. The summed E-state index contributed by atoms with van der Waals surface area (Å²) in [5.74, 6) is -0.159. The largest absolute Gasteiger partial charge is 0.416 e. The van der Waals surface area contributed by atoms with Crippen LogP contribution in [0.25, 0.3) is 0 Å². The van der Waals surface area contributed by atoms with E-state index in [9.17, 15) is 18.0 Å². The molecule has 1 saturated heterocycles. The van der Waals surface area contributed by atoms with Gasteiger partial charge in [0, 0.05) is 12.6 Å². The van der Waals surface area contributed by atoms with E-state index in [2.05, 4.69) is 10.6 Å². The molecule has 104 valence electrons. The number of hydrogen-bond donors (Lipinski definition) is 2. The summed E-state index contributed by atoms with van der Waals surface area (Å²) in [4.78, 5) is 11.7. The molecule has 0 radical (unpaired) electrons. The number of halogens is 3. The zero-order valence-corrected chi connectivity index (χ0v) is 10.3. The lowest BCUT2D eigenvalue weighted by molar-refractivity contribution is -0.137. The molecule has 2 N–H and O–H groups in total. The van der Waals surface area contributed by atoms with Gasteiger partial charge in [-0.25, -0.2) is 0 Å². The third-order valence-corrected chi connectivity index (χ3v) is 3.07. The first-order chi connectivity index (χ1) is 8.95. The van der Waals surface area contributed by atoms with Gasteiger partial charge in [0.05, 0.1) is 12.0 Å². The Morgan fingerprint density at radius 2 is 2.00 bits per heavy atom. The van der Waals surface area contributed by atoms with Crippen molar-refractivity contribution in [1.29, 1.82) is 0 Å². The van der Waals surface area contributed by atoms with Gasteiger partial charge in [0.25, 0.3) is 0 Å². The van der Waals surface area contributed by atoms with Crippen LogP contribution in [0.3, 0.4) is 0 Å². The van der Waals surface area contributed by atoms with Crippen molar-refractivity contribution >= 4 is 5.91 Å². The molecule has 0 spiro atoms. The van der Waals surface area contributed by atoms with E-state index >= 15 is 0 Å². The minimum atomic E-state index is -4.34. The lowest BCUT2D eigenvalue weighted by Gasteiger charge is -2.11. The highest BCUT2D eigenvalue weighted by Gasteiger charge is 2.30. The maximum atomic E-state index is 12.4. The van der Waals surface area contributed by atoms with Gasteiger partial charge in [-0.15, -0.1) is 0 Å². The van der Waals surface area contributed by atoms with Crippen LogP contribution in [0.4, 0.5) is 13.2 Å². The molecule has 0 unspecified atom stereocenters. The topological polar surface area (TPSA) is 41.1 Å². The van der Waals surface area contributed by atoms with E-state index in [1.165, 1.54) is 12.1 Å². The van der Waals surface area contributed by atoms with Crippen molar-refractivity contribution in [2.45, 2.75) is 25.1 Å². The Kier molecular flexibility index (Phi) is 4.09. The van der Waals surface area contributed by atoms with E-state index in [0.29, 0.717) is 5.56 Å². The molecule has 0 bridgehead atoms. The normalized spacial score (nSPS) is 19.4. The smallest absolute Gasteiger partial charge is 0.352 e. The van der Waals surface area contributed by atoms with Crippen LogP contribution in [0.5, 0.6) is 0 Å². The molecule has 2 rings (SSSR count). The number of benzene rings is 1. The van der Waals surface area contributed by atoms with Gasteiger partial charge in [0.1, 0.15) is 0 Å². The van der Waals surface area contributed by atoms with Crippen molar-refractivity contribution in [1.82, 2.24) is 10.6 Å². The molecule has 1 heterocycles. The van der Waals surface area contributed by atoms with Crippen molar-refractivity contribution in [3.05, 3.63) is 35.4 Å². The summed E-state index contributed by atoms with van der Waals surface area (Å²) in [6.07, 6.45) is -3.34. The molecule has 19 heavy (non-hydrogen) atoms. The highest BCUT2D eigenvalue weighted by molar-refractivity contribution is 5.78. The number of alkyl halides is 3. The van der Waals surface area contributed by atoms with E-state index in [0.717, 1.165) is 31.6 Å². The average Bonchev–Trinajstić information content (AvgIpc) is 2.81. The molecule has 1 aromatic rings. The predicted octanol–water partition coefficient (Wildman–Crippen LogP) is 1.73. The summed E-state index contributed by atoms with van der Waals surface area (Å²) < 4.78 is 37.1. The van der Waals surface area contributed by atoms with Gasteiger partial charge in [-0.3, -0.25) is 4.79 Å². The van der Waals surface area contributed by atoms with E-state index in [1.807, 2.05) is 0 Å². The van der Waals surface area contributed by atoms with Crippen molar-refractivity contribution in [2.75, 3.05) is 13.1 Å². The fourth-order valence-corrected chi connectivity index (χ4v) is 2.05. The number of amides is 1. The molecule has 3 nitrogen and oxygen atoms in total.